The lowest BCUT2D eigenvalue weighted by Gasteiger charge is -2.19. The van der Waals surface area contributed by atoms with Crippen molar-refractivity contribution < 1.29 is 19.1 Å². The van der Waals surface area contributed by atoms with Crippen LogP contribution in [0.4, 0.5) is 0 Å². The molecule has 1 amide bonds. The van der Waals surface area contributed by atoms with Crippen molar-refractivity contribution in [2.75, 3.05) is 0 Å². The minimum atomic E-state index is -0.803. The van der Waals surface area contributed by atoms with Gasteiger partial charge in [0.1, 0.15) is 5.75 Å². The van der Waals surface area contributed by atoms with Crippen molar-refractivity contribution in [1.82, 2.24) is 5.32 Å². The van der Waals surface area contributed by atoms with E-state index in [0.29, 0.717) is 11.3 Å². The highest BCUT2D eigenvalue weighted by Crippen LogP contribution is 2.18. The van der Waals surface area contributed by atoms with Gasteiger partial charge in [0.15, 0.2) is 6.10 Å². The summed E-state index contributed by atoms with van der Waals surface area (Å²) >= 11 is 0. The first-order valence-electron chi connectivity index (χ1n) is 9.24. The number of carbonyl (C=O) groups excluding carboxylic acids is 2. The van der Waals surface area contributed by atoms with E-state index >= 15 is 0 Å². The van der Waals surface area contributed by atoms with Crippen molar-refractivity contribution in [2.24, 2.45) is 0 Å². The smallest absolute Gasteiger partial charge is 0.338 e. The molecule has 0 radical (unpaired) electrons. The SMILES string of the molecule is CC(C)Oc1ccc(C(=O)O[C@@H](C)C(=O)NC2CCCCCC2)cc1. The van der Waals surface area contributed by atoms with Gasteiger partial charge in [-0.3, -0.25) is 4.79 Å². The second-order valence-electron chi connectivity index (χ2n) is 6.94. The van der Waals surface area contributed by atoms with E-state index in [0.717, 1.165) is 25.7 Å². The maximum Gasteiger partial charge on any atom is 0.338 e. The van der Waals surface area contributed by atoms with E-state index < -0.39 is 12.1 Å². The number of carbonyl (C=O) groups is 2. The van der Waals surface area contributed by atoms with Gasteiger partial charge in [0, 0.05) is 6.04 Å². The lowest BCUT2D eigenvalue weighted by molar-refractivity contribution is -0.129. The van der Waals surface area contributed by atoms with Gasteiger partial charge in [0.05, 0.1) is 11.7 Å². The minimum absolute atomic E-state index is 0.0745. The average molecular weight is 347 g/mol. The molecule has 1 N–H and O–H groups in total. The molecule has 0 unspecified atom stereocenters. The highest BCUT2D eigenvalue weighted by Gasteiger charge is 2.22. The Morgan fingerprint density at radius 2 is 1.60 bits per heavy atom. The lowest BCUT2D eigenvalue weighted by Crippen LogP contribution is -2.41. The Balaban J connectivity index is 1.84. The van der Waals surface area contributed by atoms with Gasteiger partial charge in [-0.2, -0.15) is 0 Å². The molecule has 0 spiro atoms. The molecule has 1 fully saturated rings. The third-order valence-electron chi connectivity index (χ3n) is 4.32. The largest absolute Gasteiger partial charge is 0.491 e. The molecule has 1 aromatic carbocycles. The summed E-state index contributed by atoms with van der Waals surface area (Å²) in [6.45, 7) is 5.49. The van der Waals surface area contributed by atoms with Crippen molar-refractivity contribution in [2.45, 2.75) is 77.5 Å². The van der Waals surface area contributed by atoms with Gasteiger partial charge in [-0.1, -0.05) is 25.7 Å². The third kappa shape index (κ3) is 6.40. The molecule has 2 rings (SSSR count). The van der Waals surface area contributed by atoms with E-state index in [1.807, 2.05) is 13.8 Å². The summed E-state index contributed by atoms with van der Waals surface area (Å²) in [5.41, 5.74) is 0.408. The molecule has 1 atom stereocenters. The van der Waals surface area contributed by atoms with E-state index in [-0.39, 0.29) is 18.1 Å². The van der Waals surface area contributed by atoms with Crippen molar-refractivity contribution in [1.29, 1.82) is 0 Å². The molecular formula is C20H29NO4. The quantitative estimate of drug-likeness (QED) is 0.627. The highest BCUT2D eigenvalue weighted by atomic mass is 16.5. The summed E-state index contributed by atoms with van der Waals surface area (Å²) in [4.78, 5) is 24.5. The molecule has 1 aliphatic rings. The highest BCUT2D eigenvalue weighted by molar-refractivity contribution is 5.92. The molecule has 1 aliphatic carbocycles. The summed E-state index contributed by atoms with van der Waals surface area (Å²) < 4.78 is 10.8. The van der Waals surface area contributed by atoms with Crippen LogP contribution < -0.4 is 10.1 Å². The van der Waals surface area contributed by atoms with E-state index in [9.17, 15) is 9.59 Å². The predicted molar refractivity (Wildman–Crippen MR) is 96.7 cm³/mol. The van der Waals surface area contributed by atoms with Gasteiger partial charge >= 0.3 is 5.97 Å². The number of hydrogen-bond donors (Lipinski definition) is 1. The topological polar surface area (TPSA) is 64.6 Å². The molecule has 5 nitrogen and oxygen atoms in total. The third-order valence-corrected chi connectivity index (χ3v) is 4.32. The summed E-state index contributed by atoms with van der Waals surface area (Å²) in [7, 11) is 0. The second-order valence-corrected chi connectivity index (χ2v) is 6.94. The van der Waals surface area contributed by atoms with Crippen LogP contribution >= 0.6 is 0 Å². The molecule has 1 aromatic rings. The van der Waals surface area contributed by atoms with Crippen LogP contribution in [0.25, 0.3) is 0 Å². The van der Waals surface area contributed by atoms with Gasteiger partial charge in [-0.15, -0.1) is 0 Å². The summed E-state index contributed by atoms with van der Waals surface area (Å²) in [6, 6.07) is 6.95. The molecule has 0 saturated heterocycles. The van der Waals surface area contributed by atoms with Crippen molar-refractivity contribution >= 4 is 11.9 Å². The number of amides is 1. The van der Waals surface area contributed by atoms with Crippen LogP contribution in [0.2, 0.25) is 0 Å². The molecule has 5 heteroatoms. The van der Waals surface area contributed by atoms with Gasteiger partial charge in [0.25, 0.3) is 5.91 Å². The first-order chi connectivity index (χ1) is 12.0. The normalized spacial score (nSPS) is 16.8. The molecule has 0 aromatic heterocycles. The maximum absolute atomic E-state index is 12.3. The van der Waals surface area contributed by atoms with E-state index in [4.69, 9.17) is 9.47 Å². The van der Waals surface area contributed by atoms with Crippen LogP contribution in [0.5, 0.6) is 5.75 Å². The number of esters is 1. The van der Waals surface area contributed by atoms with Crippen LogP contribution in [-0.4, -0.2) is 30.1 Å². The van der Waals surface area contributed by atoms with Crippen LogP contribution in [0, 0.1) is 0 Å². The van der Waals surface area contributed by atoms with E-state index in [1.54, 1.807) is 31.2 Å². The Labute approximate surface area is 150 Å². The fourth-order valence-corrected chi connectivity index (χ4v) is 2.97. The maximum atomic E-state index is 12.3. The number of rotatable bonds is 6. The van der Waals surface area contributed by atoms with Crippen molar-refractivity contribution in [3.63, 3.8) is 0 Å². The van der Waals surface area contributed by atoms with Gasteiger partial charge in [0.2, 0.25) is 0 Å². The average Bonchev–Trinajstić information content (AvgIpc) is 2.83. The van der Waals surface area contributed by atoms with Crippen molar-refractivity contribution in [3.8, 4) is 5.75 Å². The lowest BCUT2D eigenvalue weighted by atomic mass is 10.1. The molecule has 138 valence electrons. The predicted octanol–water partition coefficient (Wildman–Crippen LogP) is 3.86. The number of hydrogen-bond acceptors (Lipinski definition) is 4. The second kappa shape index (κ2) is 9.44. The first-order valence-corrected chi connectivity index (χ1v) is 9.24. The van der Waals surface area contributed by atoms with Crippen LogP contribution in [0.1, 0.15) is 69.7 Å². The standard InChI is InChI=1S/C20H29NO4/c1-14(2)24-18-12-10-16(11-13-18)20(23)25-15(3)19(22)21-17-8-6-4-5-7-9-17/h10-15,17H,4-9H2,1-3H3,(H,21,22)/t15-/m0/s1. The zero-order chi connectivity index (χ0) is 18.2. The molecular weight excluding hydrogens is 318 g/mol. The fraction of sp³-hybridized carbons (Fsp3) is 0.600. The number of benzene rings is 1. The zero-order valence-electron chi connectivity index (χ0n) is 15.4. The van der Waals surface area contributed by atoms with E-state index in [2.05, 4.69) is 5.32 Å². The van der Waals surface area contributed by atoms with E-state index in [1.165, 1.54) is 12.8 Å². The van der Waals surface area contributed by atoms with Gasteiger partial charge < -0.3 is 14.8 Å². The molecule has 0 aliphatic heterocycles. The molecule has 1 saturated carbocycles. The summed E-state index contributed by atoms with van der Waals surface area (Å²) in [6.07, 6.45) is 6.02. The van der Waals surface area contributed by atoms with Gasteiger partial charge in [-0.05, 0) is 57.9 Å². The number of ether oxygens (including phenoxy) is 2. The number of nitrogens with one attached hydrogen (secondary N) is 1. The van der Waals surface area contributed by atoms with Crippen LogP contribution in [0.15, 0.2) is 24.3 Å². The molecule has 0 heterocycles. The Kier molecular flexibility index (Phi) is 7.29. The Bertz CT molecular complexity index is 560. The molecule has 25 heavy (non-hydrogen) atoms. The van der Waals surface area contributed by atoms with Crippen molar-refractivity contribution in [3.05, 3.63) is 29.8 Å². The minimum Gasteiger partial charge on any atom is -0.491 e. The first kappa shape index (κ1) is 19.3. The Morgan fingerprint density at radius 1 is 1.00 bits per heavy atom. The Hall–Kier alpha value is -2.04. The summed E-state index contributed by atoms with van der Waals surface area (Å²) in [5.74, 6) is -0.0228. The van der Waals surface area contributed by atoms with Crippen LogP contribution in [-0.2, 0) is 9.53 Å². The Morgan fingerprint density at radius 3 is 2.16 bits per heavy atom. The summed E-state index contributed by atoms with van der Waals surface area (Å²) in [5, 5.41) is 3.01. The monoisotopic (exact) mass is 347 g/mol. The fourth-order valence-electron chi connectivity index (χ4n) is 2.97. The van der Waals surface area contributed by atoms with Gasteiger partial charge in [-0.25, -0.2) is 4.79 Å². The van der Waals surface area contributed by atoms with Crippen LogP contribution in [0.3, 0.4) is 0 Å². The zero-order valence-corrected chi connectivity index (χ0v) is 15.4. The molecule has 0 bridgehead atoms.